The van der Waals surface area contributed by atoms with Crippen molar-refractivity contribution >= 4 is 16.5 Å². The average Bonchev–Trinajstić information content (AvgIpc) is 2.44. The summed E-state index contributed by atoms with van der Waals surface area (Å²) in [5.41, 5.74) is 0.988. The van der Waals surface area contributed by atoms with E-state index in [1.165, 1.54) is 4.90 Å². The van der Waals surface area contributed by atoms with Gasteiger partial charge in [0.2, 0.25) is 0 Å². The van der Waals surface area contributed by atoms with Gasteiger partial charge in [-0.15, -0.1) is 0 Å². The highest BCUT2D eigenvalue weighted by molar-refractivity contribution is 5.97. The monoisotopic (exact) mass is 292 g/mol. The molecule has 2 nitrogen and oxygen atoms in total. The first-order valence-electron chi connectivity index (χ1n) is 6.70. The highest BCUT2D eigenvalue weighted by Gasteiger charge is 2.31. The molecule has 0 saturated heterocycles. The van der Waals surface area contributed by atoms with Crippen LogP contribution in [0, 0.1) is 11.3 Å². The molecule has 0 saturated carbocycles. The van der Waals surface area contributed by atoms with Gasteiger partial charge in [0.05, 0.1) is 11.6 Å². The topological polar surface area (TPSA) is 27.0 Å². The average molecular weight is 292 g/mol. The standard InChI is InChI=1S/C16H15F3N2/c1-2-9-21(11-16(17,18)19)15-8-7-12(10-20)13-5-3-4-6-14(13)15/h3-8H,2,9,11H2,1H3. The van der Waals surface area contributed by atoms with E-state index in [2.05, 4.69) is 6.07 Å². The lowest BCUT2D eigenvalue weighted by molar-refractivity contribution is -0.119. The first-order chi connectivity index (χ1) is 9.96. The van der Waals surface area contributed by atoms with Crippen molar-refractivity contribution in [2.24, 2.45) is 0 Å². The maximum Gasteiger partial charge on any atom is 0.405 e. The molecule has 2 aromatic rings. The van der Waals surface area contributed by atoms with Crippen molar-refractivity contribution in [3.05, 3.63) is 42.0 Å². The van der Waals surface area contributed by atoms with Crippen LogP contribution in [0.2, 0.25) is 0 Å². The normalized spacial score (nSPS) is 11.4. The number of nitriles is 1. The van der Waals surface area contributed by atoms with Crippen LogP contribution in [-0.2, 0) is 0 Å². The van der Waals surface area contributed by atoms with E-state index in [0.29, 0.717) is 35.0 Å². The molecule has 2 aromatic carbocycles. The van der Waals surface area contributed by atoms with Crippen LogP contribution in [0.4, 0.5) is 18.9 Å². The molecule has 0 amide bonds. The smallest absolute Gasteiger partial charge is 0.362 e. The van der Waals surface area contributed by atoms with E-state index in [-0.39, 0.29) is 0 Å². The predicted octanol–water partition coefficient (Wildman–Crippen LogP) is 4.49. The van der Waals surface area contributed by atoms with E-state index < -0.39 is 12.7 Å². The number of anilines is 1. The fraction of sp³-hybridized carbons (Fsp3) is 0.312. The van der Waals surface area contributed by atoms with Crippen LogP contribution in [0.1, 0.15) is 18.9 Å². The van der Waals surface area contributed by atoms with E-state index in [9.17, 15) is 13.2 Å². The van der Waals surface area contributed by atoms with Crippen LogP contribution in [-0.4, -0.2) is 19.3 Å². The molecule has 0 unspecified atom stereocenters. The molecule has 0 spiro atoms. The summed E-state index contributed by atoms with van der Waals surface area (Å²) in [6, 6.07) is 12.3. The Labute approximate surface area is 121 Å². The van der Waals surface area contributed by atoms with Crippen molar-refractivity contribution in [1.82, 2.24) is 0 Å². The number of benzene rings is 2. The van der Waals surface area contributed by atoms with E-state index >= 15 is 0 Å². The van der Waals surface area contributed by atoms with Gasteiger partial charge in [0.15, 0.2) is 0 Å². The van der Waals surface area contributed by atoms with E-state index in [0.717, 1.165) is 0 Å². The minimum atomic E-state index is -4.26. The zero-order chi connectivity index (χ0) is 15.5. The molecule has 110 valence electrons. The zero-order valence-electron chi connectivity index (χ0n) is 11.6. The minimum Gasteiger partial charge on any atom is -0.362 e. The predicted molar refractivity (Wildman–Crippen MR) is 77.2 cm³/mol. The van der Waals surface area contributed by atoms with Gasteiger partial charge in [0, 0.05) is 23.0 Å². The second-order valence-corrected chi connectivity index (χ2v) is 4.83. The molecule has 0 atom stereocenters. The number of hydrogen-bond donors (Lipinski definition) is 0. The van der Waals surface area contributed by atoms with Crippen LogP contribution in [0.15, 0.2) is 36.4 Å². The third-order valence-electron chi connectivity index (χ3n) is 3.23. The van der Waals surface area contributed by atoms with Gasteiger partial charge < -0.3 is 4.90 Å². The Kier molecular flexibility index (Phi) is 4.37. The summed E-state index contributed by atoms with van der Waals surface area (Å²) in [7, 11) is 0. The Morgan fingerprint density at radius 3 is 2.33 bits per heavy atom. The summed E-state index contributed by atoms with van der Waals surface area (Å²) in [6.45, 7) is 1.17. The Bertz CT molecular complexity index is 671. The molecule has 5 heteroatoms. The highest BCUT2D eigenvalue weighted by atomic mass is 19.4. The first-order valence-corrected chi connectivity index (χ1v) is 6.70. The fourth-order valence-electron chi connectivity index (χ4n) is 2.43. The largest absolute Gasteiger partial charge is 0.405 e. The third kappa shape index (κ3) is 3.46. The summed E-state index contributed by atoms with van der Waals surface area (Å²) < 4.78 is 38.3. The Morgan fingerprint density at radius 1 is 1.10 bits per heavy atom. The number of rotatable bonds is 4. The van der Waals surface area contributed by atoms with Crippen LogP contribution >= 0.6 is 0 Å². The second kappa shape index (κ2) is 6.04. The number of halogens is 3. The molecule has 0 radical (unpaired) electrons. The quantitative estimate of drug-likeness (QED) is 0.830. The molecule has 0 N–H and O–H groups in total. The van der Waals surface area contributed by atoms with Crippen LogP contribution < -0.4 is 4.90 Å². The summed E-state index contributed by atoms with van der Waals surface area (Å²) >= 11 is 0. The van der Waals surface area contributed by atoms with Gasteiger partial charge in [-0.25, -0.2) is 0 Å². The van der Waals surface area contributed by atoms with Gasteiger partial charge in [-0.1, -0.05) is 31.2 Å². The molecule has 0 aromatic heterocycles. The van der Waals surface area contributed by atoms with Crippen molar-refractivity contribution in [3.8, 4) is 6.07 Å². The molecule has 2 rings (SSSR count). The van der Waals surface area contributed by atoms with Gasteiger partial charge in [-0.05, 0) is 18.6 Å². The van der Waals surface area contributed by atoms with Crippen LogP contribution in [0.3, 0.4) is 0 Å². The maximum absolute atomic E-state index is 12.8. The van der Waals surface area contributed by atoms with E-state index in [1.807, 2.05) is 6.92 Å². The highest BCUT2D eigenvalue weighted by Crippen LogP contribution is 2.31. The number of nitrogens with zero attached hydrogens (tertiary/aromatic N) is 2. The molecule has 21 heavy (non-hydrogen) atoms. The SMILES string of the molecule is CCCN(CC(F)(F)F)c1ccc(C#N)c2ccccc12. The number of hydrogen-bond acceptors (Lipinski definition) is 2. The molecule has 0 bridgehead atoms. The van der Waals surface area contributed by atoms with Crippen molar-refractivity contribution in [3.63, 3.8) is 0 Å². The van der Waals surface area contributed by atoms with Crippen molar-refractivity contribution in [2.45, 2.75) is 19.5 Å². The molecule has 0 heterocycles. The Hall–Kier alpha value is -2.22. The lowest BCUT2D eigenvalue weighted by atomic mass is 10.0. The van der Waals surface area contributed by atoms with Crippen molar-refractivity contribution in [1.29, 1.82) is 5.26 Å². The molecular weight excluding hydrogens is 277 g/mol. The summed E-state index contributed by atoms with van der Waals surface area (Å²) in [5, 5.41) is 10.5. The molecule has 0 aliphatic heterocycles. The van der Waals surface area contributed by atoms with Crippen molar-refractivity contribution < 1.29 is 13.2 Å². The van der Waals surface area contributed by atoms with E-state index in [4.69, 9.17) is 5.26 Å². The number of fused-ring (bicyclic) bond motifs is 1. The second-order valence-electron chi connectivity index (χ2n) is 4.83. The maximum atomic E-state index is 12.8. The Morgan fingerprint density at radius 2 is 1.76 bits per heavy atom. The molecule has 0 fully saturated rings. The van der Waals surface area contributed by atoms with Gasteiger partial charge >= 0.3 is 6.18 Å². The third-order valence-corrected chi connectivity index (χ3v) is 3.23. The summed E-state index contributed by atoms with van der Waals surface area (Å²) in [6.07, 6.45) is -3.64. The zero-order valence-corrected chi connectivity index (χ0v) is 11.6. The molecular formula is C16H15F3N2. The van der Waals surface area contributed by atoms with Gasteiger partial charge in [-0.2, -0.15) is 18.4 Å². The van der Waals surface area contributed by atoms with Crippen LogP contribution in [0.25, 0.3) is 10.8 Å². The fourth-order valence-corrected chi connectivity index (χ4v) is 2.43. The van der Waals surface area contributed by atoms with Crippen LogP contribution in [0.5, 0.6) is 0 Å². The first kappa shape index (κ1) is 15.2. The van der Waals surface area contributed by atoms with Gasteiger partial charge in [-0.3, -0.25) is 0 Å². The lowest BCUT2D eigenvalue weighted by Crippen LogP contribution is -2.35. The lowest BCUT2D eigenvalue weighted by Gasteiger charge is -2.27. The van der Waals surface area contributed by atoms with E-state index in [1.54, 1.807) is 36.4 Å². The minimum absolute atomic E-state index is 0.315. The van der Waals surface area contributed by atoms with Gasteiger partial charge in [0.1, 0.15) is 6.54 Å². The summed E-state index contributed by atoms with van der Waals surface area (Å²) in [5.74, 6) is 0. The summed E-state index contributed by atoms with van der Waals surface area (Å²) in [4.78, 5) is 1.32. The Balaban J connectivity index is 2.56. The molecule has 0 aliphatic carbocycles. The van der Waals surface area contributed by atoms with Gasteiger partial charge in [0.25, 0.3) is 0 Å². The van der Waals surface area contributed by atoms with Crippen molar-refractivity contribution in [2.75, 3.05) is 18.0 Å². The number of alkyl halides is 3. The molecule has 0 aliphatic rings.